The second kappa shape index (κ2) is 5.84. The highest BCUT2D eigenvalue weighted by atomic mass is 35.5. The molecular weight excluding hydrogens is 335 g/mol. The van der Waals surface area contributed by atoms with Crippen molar-refractivity contribution in [1.82, 2.24) is 15.1 Å². The molecule has 128 valence electrons. The van der Waals surface area contributed by atoms with Gasteiger partial charge in [-0.3, -0.25) is 9.48 Å². The van der Waals surface area contributed by atoms with E-state index < -0.39 is 17.3 Å². The molecule has 1 aromatic carbocycles. The van der Waals surface area contributed by atoms with Gasteiger partial charge in [0.2, 0.25) is 0 Å². The van der Waals surface area contributed by atoms with Crippen molar-refractivity contribution in [2.75, 3.05) is 6.54 Å². The number of amides is 1. The van der Waals surface area contributed by atoms with Gasteiger partial charge in [-0.2, -0.15) is 5.10 Å². The summed E-state index contributed by atoms with van der Waals surface area (Å²) in [6.45, 7) is 4.25. The highest BCUT2D eigenvalue weighted by molar-refractivity contribution is 6.31. The molecule has 1 atom stereocenters. The summed E-state index contributed by atoms with van der Waals surface area (Å²) in [5.41, 5.74) is 6.16. The smallest absolute Gasteiger partial charge is 0.252 e. The number of carbonyl (C=O) groups excluding carboxylic acids is 1. The molecule has 0 fully saturated rings. The van der Waals surface area contributed by atoms with Gasteiger partial charge in [-0.1, -0.05) is 11.6 Å². The first-order chi connectivity index (χ1) is 11.2. The molecule has 3 rings (SSSR count). The van der Waals surface area contributed by atoms with Gasteiger partial charge in [0.1, 0.15) is 11.5 Å². The summed E-state index contributed by atoms with van der Waals surface area (Å²) >= 11 is 5.85. The Bertz CT molecular complexity index is 813. The van der Waals surface area contributed by atoms with Crippen molar-refractivity contribution in [1.29, 1.82) is 0 Å². The third-order valence-corrected chi connectivity index (χ3v) is 4.48. The van der Waals surface area contributed by atoms with E-state index in [-0.39, 0.29) is 16.6 Å². The van der Waals surface area contributed by atoms with E-state index in [0.717, 1.165) is 0 Å². The van der Waals surface area contributed by atoms with Gasteiger partial charge in [0.25, 0.3) is 5.91 Å². The zero-order chi connectivity index (χ0) is 17.6. The third-order valence-electron chi connectivity index (χ3n) is 4.19. The Balaban J connectivity index is 2.22. The molecule has 6 nitrogen and oxygen atoms in total. The zero-order valence-electron chi connectivity index (χ0n) is 13.3. The summed E-state index contributed by atoms with van der Waals surface area (Å²) in [7, 11) is 0. The van der Waals surface area contributed by atoms with E-state index in [1.54, 1.807) is 18.5 Å². The molecule has 0 saturated carbocycles. The first kappa shape index (κ1) is 16.9. The van der Waals surface area contributed by atoms with Crippen LogP contribution in [0.2, 0.25) is 5.02 Å². The molecule has 0 saturated heterocycles. The van der Waals surface area contributed by atoms with Crippen molar-refractivity contribution < 1.29 is 14.3 Å². The molecular formula is C16H18ClFN4O2. The topological polar surface area (TPSA) is 93.2 Å². The monoisotopic (exact) mass is 352 g/mol. The summed E-state index contributed by atoms with van der Waals surface area (Å²) in [4.78, 5) is 12.0. The van der Waals surface area contributed by atoms with Gasteiger partial charge in [0.15, 0.2) is 0 Å². The molecule has 1 aliphatic rings. The van der Waals surface area contributed by atoms with E-state index in [1.807, 2.05) is 0 Å². The number of hydrogen-bond donors (Lipinski definition) is 3. The largest absolute Gasteiger partial charge is 0.388 e. The van der Waals surface area contributed by atoms with E-state index in [9.17, 15) is 14.3 Å². The molecule has 4 N–H and O–H groups in total. The Hall–Kier alpha value is -1.96. The minimum atomic E-state index is -1.05. The van der Waals surface area contributed by atoms with Crippen LogP contribution in [0.5, 0.6) is 0 Å². The number of hydrogen-bond acceptors (Lipinski definition) is 4. The molecule has 0 bridgehead atoms. The maximum Gasteiger partial charge on any atom is 0.252 e. The van der Waals surface area contributed by atoms with E-state index >= 15 is 0 Å². The lowest BCUT2D eigenvalue weighted by Crippen LogP contribution is -2.45. The Morgan fingerprint density at radius 1 is 1.54 bits per heavy atom. The fraction of sp³-hybridized carbons (Fsp3) is 0.375. The maximum absolute atomic E-state index is 13.4. The molecule has 1 amide bonds. The number of nitrogens with two attached hydrogens (primary N) is 1. The predicted molar refractivity (Wildman–Crippen MR) is 88.2 cm³/mol. The average Bonchev–Trinajstić information content (AvgIpc) is 2.88. The molecule has 1 aliphatic heterocycles. The van der Waals surface area contributed by atoms with E-state index in [4.69, 9.17) is 17.3 Å². The second-order valence-corrected chi connectivity index (χ2v) is 6.82. The van der Waals surface area contributed by atoms with Crippen LogP contribution < -0.4 is 11.1 Å². The number of carbonyl (C=O) groups is 1. The summed E-state index contributed by atoms with van der Waals surface area (Å²) in [6, 6.07) is 3.74. The van der Waals surface area contributed by atoms with Crippen LogP contribution in [0.4, 0.5) is 4.39 Å². The first-order valence-corrected chi connectivity index (χ1v) is 7.87. The molecule has 0 radical (unpaired) electrons. The molecule has 1 aromatic heterocycles. The first-order valence-electron chi connectivity index (χ1n) is 7.50. The lowest BCUT2D eigenvalue weighted by atomic mass is 9.96. The van der Waals surface area contributed by atoms with Crippen LogP contribution in [0.15, 0.2) is 18.2 Å². The number of benzene rings is 1. The molecule has 0 spiro atoms. The Morgan fingerprint density at radius 2 is 2.25 bits per heavy atom. The SMILES string of the molecule is CC(C)(O)C1CNCc2c(C(N)=O)c(-c3ccc(F)c(Cl)c3)nn21. The van der Waals surface area contributed by atoms with Crippen molar-refractivity contribution >= 4 is 17.5 Å². The van der Waals surface area contributed by atoms with E-state index in [0.29, 0.717) is 30.0 Å². The van der Waals surface area contributed by atoms with Gasteiger partial charge in [-0.05, 0) is 32.0 Å². The Morgan fingerprint density at radius 3 is 2.83 bits per heavy atom. The highest BCUT2D eigenvalue weighted by Gasteiger charge is 2.36. The van der Waals surface area contributed by atoms with Gasteiger partial charge in [0, 0.05) is 18.7 Å². The van der Waals surface area contributed by atoms with Crippen LogP contribution >= 0.6 is 11.6 Å². The zero-order valence-corrected chi connectivity index (χ0v) is 14.1. The summed E-state index contributed by atoms with van der Waals surface area (Å²) in [5, 5.41) is 18.0. The number of aliphatic hydroxyl groups is 1. The van der Waals surface area contributed by atoms with Gasteiger partial charge in [0.05, 0.1) is 27.9 Å². The number of aromatic nitrogens is 2. The van der Waals surface area contributed by atoms with Crippen LogP contribution in [0, 0.1) is 5.82 Å². The van der Waals surface area contributed by atoms with Gasteiger partial charge < -0.3 is 16.2 Å². The lowest BCUT2D eigenvalue weighted by Gasteiger charge is -2.34. The van der Waals surface area contributed by atoms with Crippen molar-refractivity contribution in [3.05, 3.63) is 40.3 Å². The van der Waals surface area contributed by atoms with Gasteiger partial charge in [-0.15, -0.1) is 0 Å². The standard InChI is InChI=1S/C16H18ClFN4O2/c1-16(2,24)12-7-20-6-11-13(15(19)23)14(21-22(11)12)8-3-4-10(18)9(17)5-8/h3-5,12,20,24H,6-7H2,1-2H3,(H2,19,23). The summed E-state index contributed by atoms with van der Waals surface area (Å²) < 4.78 is 15.1. The Kier molecular flexibility index (Phi) is 4.11. The quantitative estimate of drug-likeness (QED) is 0.786. The molecule has 0 aliphatic carbocycles. The number of halogens is 2. The fourth-order valence-electron chi connectivity index (χ4n) is 2.96. The highest BCUT2D eigenvalue weighted by Crippen LogP contribution is 2.34. The predicted octanol–water partition coefficient (Wildman–Crippen LogP) is 1.86. The maximum atomic E-state index is 13.4. The van der Waals surface area contributed by atoms with Crippen LogP contribution in [0.25, 0.3) is 11.3 Å². The molecule has 8 heteroatoms. The lowest BCUT2D eigenvalue weighted by molar-refractivity contribution is 0.0121. The fourth-order valence-corrected chi connectivity index (χ4v) is 3.14. The van der Waals surface area contributed by atoms with Crippen molar-refractivity contribution in [2.24, 2.45) is 5.73 Å². The van der Waals surface area contributed by atoms with Gasteiger partial charge in [-0.25, -0.2) is 4.39 Å². The average molecular weight is 353 g/mol. The second-order valence-electron chi connectivity index (χ2n) is 6.41. The Labute approximate surface area is 143 Å². The molecule has 2 aromatic rings. The number of nitrogens with one attached hydrogen (secondary N) is 1. The van der Waals surface area contributed by atoms with Crippen LogP contribution in [0.3, 0.4) is 0 Å². The number of nitrogens with zero attached hydrogens (tertiary/aromatic N) is 2. The van der Waals surface area contributed by atoms with Crippen molar-refractivity contribution in [3.8, 4) is 11.3 Å². The normalized spacial score (nSPS) is 17.6. The van der Waals surface area contributed by atoms with Crippen molar-refractivity contribution in [3.63, 3.8) is 0 Å². The minimum absolute atomic E-state index is 0.0638. The van der Waals surface area contributed by atoms with Crippen molar-refractivity contribution in [2.45, 2.75) is 32.0 Å². The number of rotatable bonds is 3. The third kappa shape index (κ3) is 2.79. The number of primary amides is 1. The van der Waals surface area contributed by atoms with E-state index in [1.165, 1.54) is 18.2 Å². The number of fused-ring (bicyclic) bond motifs is 1. The molecule has 2 heterocycles. The van der Waals surface area contributed by atoms with Crippen LogP contribution in [-0.2, 0) is 6.54 Å². The van der Waals surface area contributed by atoms with E-state index in [2.05, 4.69) is 10.4 Å². The minimum Gasteiger partial charge on any atom is -0.388 e. The molecule has 24 heavy (non-hydrogen) atoms. The summed E-state index contributed by atoms with van der Waals surface area (Å²) in [6.07, 6.45) is 0. The molecule has 1 unspecified atom stereocenters. The summed E-state index contributed by atoms with van der Waals surface area (Å²) in [5.74, 6) is -1.19. The van der Waals surface area contributed by atoms with Crippen LogP contribution in [0.1, 0.15) is 35.9 Å². The van der Waals surface area contributed by atoms with Gasteiger partial charge >= 0.3 is 0 Å². The van der Waals surface area contributed by atoms with Crippen LogP contribution in [-0.4, -0.2) is 32.9 Å².